The molecule has 1 amide bonds. The van der Waals surface area contributed by atoms with Crippen LogP contribution in [0, 0.1) is 0 Å². The van der Waals surface area contributed by atoms with E-state index in [4.69, 9.17) is 34.0 Å². The summed E-state index contributed by atoms with van der Waals surface area (Å²) in [6, 6.07) is -1.55. The third-order valence-electron chi connectivity index (χ3n) is 8.19. The van der Waals surface area contributed by atoms with Gasteiger partial charge in [-0.1, -0.05) is 5.11 Å². The molecule has 0 aliphatic carbocycles. The van der Waals surface area contributed by atoms with Gasteiger partial charge in [0.25, 0.3) is 5.79 Å². The van der Waals surface area contributed by atoms with Crippen molar-refractivity contribution in [2.45, 2.75) is 117 Å². The Hall–Kier alpha value is -2.39. The molecule has 0 radical (unpaired) electrons. The van der Waals surface area contributed by atoms with Crippen molar-refractivity contribution in [1.82, 2.24) is 5.32 Å². The summed E-state index contributed by atoms with van der Waals surface area (Å²) in [5, 5.41) is 120. The van der Waals surface area contributed by atoms with Crippen molar-refractivity contribution in [2.24, 2.45) is 5.11 Å². The molecule has 0 spiro atoms. The number of carboxylic acids is 1. The number of hydrogen-bond donors (Lipinski definition) is 12. The highest BCUT2D eigenvalue weighted by atomic mass is 16.8. The predicted molar refractivity (Wildman–Crippen MR) is 152 cm³/mol. The Morgan fingerprint density at radius 3 is 2.20 bits per heavy atom. The summed E-state index contributed by atoms with van der Waals surface area (Å²) in [5.41, 5.74) is 8.36. The molecule has 3 aliphatic heterocycles. The van der Waals surface area contributed by atoms with Gasteiger partial charge in [-0.15, -0.1) is 0 Å². The number of aliphatic carboxylic acids is 1. The Morgan fingerprint density at radius 2 is 1.63 bits per heavy atom. The lowest BCUT2D eigenvalue weighted by molar-refractivity contribution is -0.386. The lowest BCUT2D eigenvalue weighted by Gasteiger charge is -2.50. The van der Waals surface area contributed by atoms with Crippen molar-refractivity contribution < 1.29 is 94.2 Å². The van der Waals surface area contributed by atoms with E-state index in [1.54, 1.807) is 0 Å². The number of rotatable bonds is 16. The zero-order valence-electron chi connectivity index (χ0n) is 26.1. The second-order valence-electron chi connectivity index (χ2n) is 11.7. The monoisotopic (exact) mass is 716 g/mol. The van der Waals surface area contributed by atoms with Crippen molar-refractivity contribution >= 4 is 11.9 Å². The van der Waals surface area contributed by atoms with Gasteiger partial charge >= 0.3 is 5.97 Å². The first-order valence-electron chi connectivity index (χ1n) is 15.2. The van der Waals surface area contributed by atoms with Gasteiger partial charge < -0.3 is 89.9 Å². The molecule has 23 nitrogen and oxygen atoms in total. The summed E-state index contributed by atoms with van der Waals surface area (Å²) in [7, 11) is 0. The van der Waals surface area contributed by atoms with Gasteiger partial charge in [0.1, 0.15) is 67.1 Å². The molecule has 16 atom stereocenters. The average molecular weight is 717 g/mol. The summed E-state index contributed by atoms with van der Waals surface area (Å²) in [6.07, 6.45) is -27.0. The highest BCUT2D eigenvalue weighted by Gasteiger charge is 2.60. The number of azide groups is 1. The fourth-order valence-corrected chi connectivity index (χ4v) is 5.67. The van der Waals surface area contributed by atoms with Crippen LogP contribution in [0.4, 0.5) is 0 Å². The van der Waals surface area contributed by atoms with E-state index < -0.39 is 136 Å². The molecule has 23 heteroatoms. The molecule has 3 fully saturated rings. The fraction of sp³-hybridized carbons (Fsp3) is 0.923. The number of nitrogens with one attached hydrogen (secondary N) is 1. The van der Waals surface area contributed by atoms with Crippen molar-refractivity contribution in [3.05, 3.63) is 10.4 Å². The number of aliphatic hydroxyl groups excluding tert-OH is 10. The second-order valence-corrected chi connectivity index (χ2v) is 11.7. The molecule has 3 heterocycles. The van der Waals surface area contributed by atoms with Crippen LogP contribution in [0.15, 0.2) is 5.11 Å². The maximum atomic E-state index is 12.7. The Labute approximate surface area is 277 Å². The summed E-state index contributed by atoms with van der Waals surface area (Å²) < 4.78 is 33.1. The molecular weight excluding hydrogens is 672 g/mol. The third kappa shape index (κ3) is 9.49. The fourth-order valence-electron chi connectivity index (χ4n) is 5.67. The topological polar surface area (TPSA) is 373 Å². The van der Waals surface area contributed by atoms with E-state index in [-0.39, 0.29) is 19.6 Å². The third-order valence-corrected chi connectivity index (χ3v) is 8.19. The number of carbonyl (C=O) groups excluding carboxylic acids is 1. The smallest absolute Gasteiger partial charge is 0.364 e. The van der Waals surface area contributed by atoms with Crippen LogP contribution in [-0.2, 0) is 38.0 Å². The van der Waals surface area contributed by atoms with Gasteiger partial charge in [0.15, 0.2) is 12.6 Å². The van der Waals surface area contributed by atoms with E-state index >= 15 is 0 Å². The van der Waals surface area contributed by atoms with E-state index in [0.29, 0.717) is 0 Å². The van der Waals surface area contributed by atoms with Crippen LogP contribution in [0.3, 0.4) is 0 Å². The molecule has 0 bridgehead atoms. The van der Waals surface area contributed by atoms with E-state index in [9.17, 15) is 65.8 Å². The first-order chi connectivity index (χ1) is 23.2. The van der Waals surface area contributed by atoms with Gasteiger partial charge in [-0.3, -0.25) is 4.79 Å². The standard InChI is InChI=1S/C26H44N4O19/c1-9(34)29-14-10(35)5-26(25(42)43,48-21(14)15(37)11(36)6-31)49-22-16(38)12(7-32)45-24(19(22)41)47-20-13(8-33)46-23(18(40)17(20)39)44-4-2-3-28-30-27/h10-24,31-33,35-41H,2-8H2,1H3,(H,29,34)(H,42,43)/t10?,11-,12?,13?,14?,15-,16?,17?,18?,19?,20?,21?,22?,23?,24?,26?/m1/s1. The molecule has 3 saturated heterocycles. The first kappa shape index (κ1) is 41.0. The molecule has 282 valence electrons. The highest BCUT2D eigenvalue weighted by Crippen LogP contribution is 2.38. The van der Waals surface area contributed by atoms with Crippen molar-refractivity contribution in [1.29, 1.82) is 0 Å². The normalized spacial score (nSPS) is 40.9. The molecule has 3 aliphatic rings. The van der Waals surface area contributed by atoms with Gasteiger partial charge in [-0.05, 0) is 12.0 Å². The second kappa shape index (κ2) is 18.2. The van der Waals surface area contributed by atoms with E-state index in [2.05, 4.69) is 15.3 Å². The first-order valence-corrected chi connectivity index (χ1v) is 15.2. The Bertz CT molecular complexity index is 1130. The summed E-state index contributed by atoms with van der Waals surface area (Å²) >= 11 is 0. The van der Waals surface area contributed by atoms with Crippen LogP contribution >= 0.6 is 0 Å². The molecule has 0 aromatic rings. The summed E-state index contributed by atoms with van der Waals surface area (Å²) in [6.45, 7) is -1.86. The highest BCUT2D eigenvalue weighted by molar-refractivity contribution is 5.76. The molecule has 14 unspecified atom stereocenters. The number of hydrogen-bond acceptors (Lipinski definition) is 19. The van der Waals surface area contributed by atoms with Gasteiger partial charge in [-0.2, -0.15) is 0 Å². The Morgan fingerprint density at radius 1 is 0.980 bits per heavy atom. The summed E-state index contributed by atoms with van der Waals surface area (Å²) in [5.74, 6) is -5.77. The number of nitrogens with zero attached hydrogens (tertiary/aromatic N) is 3. The van der Waals surface area contributed by atoms with Crippen molar-refractivity contribution in [3.8, 4) is 0 Å². The van der Waals surface area contributed by atoms with E-state index in [1.165, 1.54) is 0 Å². The van der Waals surface area contributed by atoms with Crippen molar-refractivity contribution in [3.63, 3.8) is 0 Å². The van der Waals surface area contributed by atoms with Crippen LogP contribution in [-0.4, -0.2) is 199 Å². The number of carboxylic acid groups (broad SMARTS) is 1. The number of carbonyl (C=O) groups is 2. The van der Waals surface area contributed by atoms with Crippen molar-refractivity contribution in [2.75, 3.05) is 33.0 Å². The molecule has 0 aromatic carbocycles. The molecule has 12 N–H and O–H groups in total. The maximum Gasteiger partial charge on any atom is 0.364 e. The summed E-state index contributed by atoms with van der Waals surface area (Å²) in [4.78, 5) is 27.0. The minimum absolute atomic E-state index is 0.0595. The minimum atomic E-state index is -3.04. The molecule has 3 rings (SSSR count). The van der Waals surface area contributed by atoms with Gasteiger partial charge in [-0.25, -0.2) is 4.79 Å². The van der Waals surface area contributed by atoms with Gasteiger partial charge in [0.2, 0.25) is 5.91 Å². The lowest BCUT2D eigenvalue weighted by Crippen LogP contribution is -2.70. The molecular formula is C26H44N4O19. The van der Waals surface area contributed by atoms with Crippen LogP contribution in [0.1, 0.15) is 19.8 Å². The number of aliphatic hydroxyl groups is 10. The zero-order valence-corrected chi connectivity index (χ0v) is 26.1. The largest absolute Gasteiger partial charge is 0.477 e. The number of ether oxygens (including phenoxy) is 6. The van der Waals surface area contributed by atoms with Gasteiger partial charge in [0, 0.05) is 31.4 Å². The quantitative estimate of drug-likeness (QED) is 0.0306. The van der Waals surface area contributed by atoms with Crippen LogP contribution in [0.5, 0.6) is 0 Å². The Kier molecular flexibility index (Phi) is 15.2. The van der Waals surface area contributed by atoms with E-state index in [1.807, 2.05) is 0 Å². The molecule has 0 aromatic heterocycles. The van der Waals surface area contributed by atoms with Gasteiger partial charge in [0.05, 0.1) is 32.0 Å². The zero-order chi connectivity index (χ0) is 36.6. The predicted octanol–water partition coefficient (Wildman–Crippen LogP) is -6.50. The van der Waals surface area contributed by atoms with Crippen LogP contribution in [0.25, 0.3) is 10.4 Å². The minimum Gasteiger partial charge on any atom is -0.477 e. The van der Waals surface area contributed by atoms with Crippen LogP contribution < -0.4 is 5.32 Å². The van der Waals surface area contributed by atoms with E-state index in [0.717, 1.165) is 6.92 Å². The molecule has 0 saturated carbocycles. The lowest BCUT2D eigenvalue weighted by atomic mass is 9.88. The average Bonchev–Trinajstić information content (AvgIpc) is 3.06. The Balaban J connectivity index is 1.87. The maximum absolute atomic E-state index is 12.7. The van der Waals surface area contributed by atoms with Crippen LogP contribution in [0.2, 0.25) is 0 Å². The molecule has 49 heavy (non-hydrogen) atoms. The number of amides is 1. The SMILES string of the molecule is CC(=O)NC1C(O)CC(OC2C(O)C(CO)OC(OC3C(CO)OC(OCCCN=[N+]=[N-])C(O)C3O)C2O)(C(=O)O)OC1[C@H](O)[C@H](O)CO.